The zero-order valence-corrected chi connectivity index (χ0v) is 10.2. The summed E-state index contributed by atoms with van der Waals surface area (Å²) in [5, 5.41) is 8.94. The van der Waals surface area contributed by atoms with Gasteiger partial charge in [0.2, 0.25) is 0 Å². The highest BCUT2D eigenvalue weighted by Gasteiger charge is 2.03. The molecule has 0 aliphatic heterocycles. The van der Waals surface area contributed by atoms with Crippen molar-refractivity contribution in [3.63, 3.8) is 0 Å². The first-order chi connectivity index (χ1) is 8.69. The standard InChI is InChI=1S/C14H15FN2O/c1-17(9-11-2-5-13(15)6-3-11)14-7-4-12(10-18)8-16-14/h2-8,18H,9-10H2,1H3. The zero-order chi connectivity index (χ0) is 13.0. The van der Waals surface area contributed by atoms with Crippen LogP contribution in [0.2, 0.25) is 0 Å². The minimum atomic E-state index is -0.230. The Morgan fingerprint density at radius 1 is 1.11 bits per heavy atom. The molecule has 1 N–H and O–H groups in total. The number of anilines is 1. The summed E-state index contributed by atoms with van der Waals surface area (Å²) in [4.78, 5) is 6.22. The van der Waals surface area contributed by atoms with Crippen molar-refractivity contribution < 1.29 is 9.50 Å². The maximum absolute atomic E-state index is 12.8. The summed E-state index contributed by atoms with van der Waals surface area (Å²) in [6.45, 7) is 0.653. The predicted molar refractivity (Wildman–Crippen MR) is 68.7 cm³/mol. The Morgan fingerprint density at radius 3 is 2.33 bits per heavy atom. The third kappa shape index (κ3) is 3.05. The Kier molecular flexibility index (Phi) is 3.89. The highest BCUT2D eigenvalue weighted by molar-refractivity contribution is 5.39. The van der Waals surface area contributed by atoms with Gasteiger partial charge in [0.05, 0.1) is 6.61 Å². The molecule has 1 heterocycles. The summed E-state index contributed by atoms with van der Waals surface area (Å²) in [5.74, 6) is 0.586. The van der Waals surface area contributed by atoms with Crippen molar-refractivity contribution in [1.29, 1.82) is 0 Å². The average Bonchev–Trinajstić information content (AvgIpc) is 2.41. The Balaban J connectivity index is 2.06. The van der Waals surface area contributed by atoms with E-state index in [-0.39, 0.29) is 12.4 Å². The van der Waals surface area contributed by atoms with Gasteiger partial charge in [-0.2, -0.15) is 0 Å². The van der Waals surface area contributed by atoms with E-state index in [0.29, 0.717) is 6.54 Å². The first kappa shape index (κ1) is 12.5. The van der Waals surface area contributed by atoms with Gasteiger partial charge in [0, 0.05) is 19.8 Å². The molecule has 4 heteroatoms. The van der Waals surface area contributed by atoms with Gasteiger partial charge in [-0.3, -0.25) is 0 Å². The van der Waals surface area contributed by atoms with Crippen molar-refractivity contribution in [3.8, 4) is 0 Å². The number of hydrogen-bond acceptors (Lipinski definition) is 3. The monoisotopic (exact) mass is 246 g/mol. The minimum Gasteiger partial charge on any atom is -0.392 e. The smallest absolute Gasteiger partial charge is 0.128 e. The van der Waals surface area contributed by atoms with Crippen LogP contribution in [0.3, 0.4) is 0 Å². The molecule has 2 rings (SSSR count). The fourth-order valence-corrected chi connectivity index (χ4v) is 1.68. The largest absolute Gasteiger partial charge is 0.392 e. The van der Waals surface area contributed by atoms with E-state index in [0.717, 1.165) is 16.9 Å². The predicted octanol–water partition coefficient (Wildman–Crippen LogP) is 2.35. The molecular weight excluding hydrogens is 231 g/mol. The molecule has 0 bridgehead atoms. The number of aliphatic hydroxyl groups is 1. The summed E-state index contributed by atoms with van der Waals surface area (Å²) in [6, 6.07) is 10.1. The maximum atomic E-state index is 12.8. The fourth-order valence-electron chi connectivity index (χ4n) is 1.68. The molecule has 3 nitrogen and oxygen atoms in total. The van der Waals surface area contributed by atoms with Crippen molar-refractivity contribution in [1.82, 2.24) is 4.98 Å². The van der Waals surface area contributed by atoms with Gasteiger partial charge in [-0.15, -0.1) is 0 Å². The summed E-state index contributed by atoms with van der Waals surface area (Å²) >= 11 is 0. The zero-order valence-electron chi connectivity index (χ0n) is 10.2. The lowest BCUT2D eigenvalue weighted by molar-refractivity contribution is 0.281. The van der Waals surface area contributed by atoms with E-state index in [1.165, 1.54) is 12.1 Å². The molecule has 94 valence electrons. The topological polar surface area (TPSA) is 36.4 Å². The summed E-state index contributed by atoms with van der Waals surface area (Å²) < 4.78 is 12.8. The fraction of sp³-hybridized carbons (Fsp3) is 0.214. The van der Waals surface area contributed by atoms with Gasteiger partial charge in [-0.25, -0.2) is 9.37 Å². The van der Waals surface area contributed by atoms with Crippen LogP contribution in [-0.2, 0) is 13.2 Å². The van der Waals surface area contributed by atoms with Crippen molar-refractivity contribution >= 4 is 5.82 Å². The van der Waals surface area contributed by atoms with Crippen LogP contribution in [0, 0.1) is 5.82 Å². The molecule has 0 radical (unpaired) electrons. The maximum Gasteiger partial charge on any atom is 0.128 e. The number of halogens is 1. The molecule has 1 aromatic heterocycles. The van der Waals surface area contributed by atoms with Crippen molar-refractivity contribution in [2.45, 2.75) is 13.2 Å². The Morgan fingerprint density at radius 2 is 1.78 bits per heavy atom. The molecule has 0 fully saturated rings. The summed E-state index contributed by atoms with van der Waals surface area (Å²) in [7, 11) is 1.92. The van der Waals surface area contributed by atoms with E-state index >= 15 is 0 Å². The van der Waals surface area contributed by atoms with E-state index in [9.17, 15) is 4.39 Å². The lowest BCUT2D eigenvalue weighted by Crippen LogP contribution is -2.17. The molecule has 0 unspecified atom stereocenters. The van der Waals surface area contributed by atoms with E-state index in [1.54, 1.807) is 18.3 Å². The van der Waals surface area contributed by atoms with Crippen molar-refractivity contribution in [2.24, 2.45) is 0 Å². The third-order valence-electron chi connectivity index (χ3n) is 2.72. The van der Waals surface area contributed by atoms with Crippen LogP contribution in [0.25, 0.3) is 0 Å². The highest BCUT2D eigenvalue weighted by Crippen LogP contribution is 2.13. The number of hydrogen-bond donors (Lipinski definition) is 1. The second kappa shape index (κ2) is 5.60. The SMILES string of the molecule is CN(Cc1ccc(F)cc1)c1ccc(CO)cn1. The van der Waals surface area contributed by atoms with Crippen LogP contribution >= 0.6 is 0 Å². The lowest BCUT2D eigenvalue weighted by atomic mass is 10.2. The molecule has 0 amide bonds. The summed E-state index contributed by atoms with van der Waals surface area (Å²) in [5.41, 5.74) is 1.81. The number of rotatable bonds is 4. The second-order valence-corrected chi connectivity index (χ2v) is 4.17. The number of aromatic nitrogens is 1. The summed E-state index contributed by atoms with van der Waals surface area (Å²) in [6.07, 6.45) is 1.65. The Labute approximate surface area is 106 Å². The van der Waals surface area contributed by atoms with Crippen LogP contribution in [0.15, 0.2) is 42.6 Å². The first-order valence-electron chi connectivity index (χ1n) is 5.70. The van der Waals surface area contributed by atoms with Gasteiger partial charge >= 0.3 is 0 Å². The molecule has 0 atom stereocenters. The van der Waals surface area contributed by atoms with Crippen molar-refractivity contribution in [3.05, 3.63) is 59.5 Å². The molecule has 2 aromatic rings. The van der Waals surface area contributed by atoms with Gasteiger partial charge in [-0.1, -0.05) is 18.2 Å². The molecule has 18 heavy (non-hydrogen) atoms. The van der Waals surface area contributed by atoms with Gasteiger partial charge in [0.25, 0.3) is 0 Å². The number of pyridine rings is 1. The average molecular weight is 246 g/mol. The van der Waals surface area contributed by atoms with Crippen LogP contribution in [0.4, 0.5) is 10.2 Å². The molecule has 0 saturated carbocycles. The van der Waals surface area contributed by atoms with E-state index in [1.807, 2.05) is 24.1 Å². The van der Waals surface area contributed by atoms with E-state index in [4.69, 9.17) is 5.11 Å². The van der Waals surface area contributed by atoms with E-state index < -0.39 is 0 Å². The Bertz CT molecular complexity index is 496. The van der Waals surface area contributed by atoms with Crippen molar-refractivity contribution in [2.75, 3.05) is 11.9 Å². The van der Waals surface area contributed by atoms with E-state index in [2.05, 4.69) is 4.98 Å². The van der Waals surface area contributed by atoms with Gasteiger partial charge in [0.1, 0.15) is 11.6 Å². The highest BCUT2D eigenvalue weighted by atomic mass is 19.1. The van der Waals surface area contributed by atoms with Crippen LogP contribution < -0.4 is 4.90 Å². The normalized spacial score (nSPS) is 10.4. The second-order valence-electron chi connectivity index (χ2n) is 4.17. The molecule has 0 saturated heterocycles. The van der Waals surface area contributed by atoms with Crippen LogP contribution in [-0.4, -0.2) is 17.1 Å². The number of aliphatic hydroxyl groups excluding tert-OH is 1. The Hall–Kier alpha value is -1.94. The minimum absolute atomic E-state index is 0.00500. The number of benzene rings is 1. The molecule has 1 aromatic carbocycles. The van der Waals surface area contributed by atoms with Gasteiger partial charge < -0.3 is 10.0 Å². The lowest BCUT2D eigenvalue weighted by Gasteiger charge is -2.18. The molecule has 0 aliphatic rings. The van der Waals surface area contributed by atoms with Crippen LogP contribution in [0.5, 0.6) is 0 Å². The molecule has 0 spiro atoms. The quantitative estimate of drug-likeness (QED) is 0.899. The van der Waals surface area contributed by atoms with Gasteiger partial charge in [-0.05, 0) is 29.3 Å². The molecular formula is C14H15FN2O. The first-order valence-corrected chi connectivity index (χ1v) is 5.70. The van der Waals surface area contributed by atoms with Crippen LogP contribution in [0.1, 0.15) is 11.1 Å². The third-order valence-corrected chi connectivity index (χ3v) is 2.72. The molecule has 0 aliphatic carbocycles. The van der Waals surface area contributed by atoms with Gasteiger partial charge in [0.15, 0.2) is 0 Å². The number of nitrogens with zero attached hydrogens (tertiary/aromatic N) is 2.